The van der Waals surface area contributed by atoms with Crippen LogP contribution in [0.1, 0.15) is 76.8 Å². The number of aromatic nitrogens is 1. The first-order chi connectivity index (χ1) is 8.74. The maximum Gasteiger partial charge on any atom is 0.169 e. The fourth-order valence-corrected chi connectivity index (χ4v) is 2.35. The van der Waals surface area contributed by atoms with Gasteiger partial charge in [-0.15, -0.1) is 0 Å². The number of aryl methyl sites for hydroxylation is 1. The Morgan fingerprint density at radius 1 is 0.944 bits per heavy atom. The summed E-state index contributed by atoms with van der Waals surface area (Å²) in [5.41, 5.74) is 1.34. The van der Waals surface area contributed by atoms with Crippen LogP contribution >= 0.6 is 0 Å². The minimum absolute atomic E-state index is 0.640. The highest BCUT2D eigenvalue weighted by molar-refractivity contribution is 5.03. The zero-order chi connectivity index (χ0) is 13.2. The van der Waals surface area contributed by atoms with Crippen LogP contribution in [0.15, 0.2) is 24.5 Å². The Hall–Kier alpha value is -0.850. The van der Waals surface area contributed by atoms with Crippen molar-refractivity contribution >= 4 is 0 Å². The topological polar surface area (TPSA) is 3.88 Å². The molecule has 1 heterocycles. The maximum atomic E-state index is 2.34. The van der Waals surface area contributed by atoms with E-state index in [-0.39, 0.29) is 0 Å². The average molecular weight is 248 g/mol. The summed E-state index contributed by atoms with van der Waals surface area (Å²) in [7, 11) is 0. The van der Waals surface area contributed by atoms with E-state index in [1.807, 2.05) is 0 Å². The van der Waals surface area contributed by atoms with Crippen LogP contribution in [-0.2, 0) is 0 Å². The van der Waals surface area contributed by atoms with E-state index in [1.165, 1.54) is 56.9 Å². The molecule has 1 nitrogen and oxygen atoms in total. The zero-order valence-corrected chi connectivity index (χ0v) is 12.5. The van der Waals surface area contributed by atoms with Crippen LogP contribution in [0, 0.1) is 6.92 Å². The van der Waals surface area contributed by atoms with Gasteiger partial charge in [0.05, 0.1) is 0 Å². The van der Waals surface area contributed by atoms with E-state index < -0.39 is 0 Å². The van der Waals surface area contributed by atoms with E-state index in [1.54, 1.807) is 0 Å². The third-order valence-electron chi connectivity index (χ3n) is 3.75. The molecule has 1 rings (SSSR count). The molecule has 0 aliphatic heterocycles. The first-order valence-corrected chi connectivity index (χ1v) is 7.71. The summed E-state index contributed by atoms with van der Waals surface area (Å²) < 4.78 is 2.34. The fraction of sp³-hybridized carbons (Fsp3) is 0.706. The van der Waals surface area contributed by atoms with Crippen molar-refractivity contribution in [3.63, 3.8) is 0 Å². The molecule has 1 unspecified atom stereocenters. The first-order valence-electron chi connectivity index (χ1n) is 7.71. The minimum Gasteiger partial charge on any atom is -0.203 e. The van der Waals surface area contributed by atoms with Crippen LogP contribution in [0.4, 0.5) is 0 Å². The van der Waals surface area contributed by atoms with Gasteiger partial charge in [0.2, 0.25) is 0 Å². The fourth-order valence-electron chi connectivity index (χ4n) is 2.35. The Labute approximate surface area is 113 Å². The van der Waals surface area contributed by atoms with E-state index >= 15 is 0 Å². The monoisotopic (exact) mass is 248 g/mol. The molecule has 0 amide bonds. The lowest BCUT2D eigenvalue weighted by Gasteiger charge is -2.07. The van der Waals surface area contributed by atoms with Crippen LogP contribution in [-0.4, -0.2) is 0 Å². The molecule has 0 radical (unpaired) electrons. The lowest BCUT2D eigenvalue weighted by atomic mass is 10.1. The summed E-state index contributed by atoms with van der Waals surface area (Å²) in [4.78, 5) is 0. The first kappa shape index (κ1) is 15.2. The van der Waals surface area contributed by atoms with Crippen molar-refractivity contribution in [1.82, 2.24) is 0 Å². The SMILES string of the molecule is CCCCCCCCCC(C)[n+]1ccc(C)cc1. The van der Waals surface area contributed by atoms with Crippen LogP contribution in [0.5, 0.6) is 0 Å². The van der Waals surface area contributed by atoms with E-state index in [9.17, 15) is 0 Å². The van der Waals surface area contributed by atoms with Gasteiger partial charge in [-0.05, 0) is 25.8 Å². The second-order valence-electron chi connectivity index (χ2n) is 5.58. The molecule has 0 aliphatic rings. The van der Waals surface area contributed by atoms with Crippen molar-refractivity contribution in [2.45, 2.75) is 78.2 Å². The van der Waals surface area contributed by atoms with Crippen LogP contribution < -0.4 is 4.57 Å². The molecule has 0 saturated heterocycles. The van der Waals surface area contributed by atoms with E-state index in [2.05, 4.69) is 49.9 Å². The smallest absolute Gasteiger partial charge is 0.169 e. The number of hydrogen-bond acceptors (Lipinski definition) is 0. The van der Waals surface area contributed by atoms with Crippen molar-refractivity contribution < 1.29 is 4.57 Å². The molecular weight excluding hydrogens is 218 g/mol. The molecule has 0 saturated carbocycles. The lowest BCUT2D eigenvalue weighted by molar-refractivity contribution is -0.720. The Balaban J connectivity index is 2.10. The molecule has 0 fully saturated rings. The molecule has 102 valence electrons. The number of pyridine rings is 1. The number of nitrogens with zero attached hydrogens (tertiary/aromatic N) is 1. The predicted molar refractivity (Wildman–Crippen MR) is 78.7 cm³/mol. The zero-order valence-electron chi connectivity index (χ0n) is 12.5. The molecule has 0 N–H and O–H groups in total. The quantitative estimate of drug-likeness (QED) is 0.428. The molecule has 0 aromatic carbocycles. The van der Waals surface area contributed by atoms with Crippen LogP contribution in [0.3, 0.4) is 0 Å². The second kappa shape index (κ2) is 9.13. The maximum absolute atomic E-state index is 2.34. The summed E-state index contributed by atoms with van der Waals surface area (Å²) in [5, 5.41) is 0. The molecule has 18 heavy (non-hydrogen) atoms. The normalized spacial score (nSPS) is 12.6. The van der Waals surface area contributed by atoms with Gasteiger partial charge in [0.1, 0.15) is 0 Å². The molecule has 1 aromatic heterocycles. The van der Waals surface area contributed by atoms with Gasteiger partial charge in [0, 0.05) is 18.6 Å². The lowest BCUT2D eigenvalue weighted by Crippen LogP contribution is -2.36. The van der Waals surface area contributed by atoms with E-state index in [0.29, 0.717) is 6.04 Å². The Kier molecular flexibility index (Phi) is 7.71. The van der Waals surface area contributed by atoms with Crippen molar-refractivity contribution in [3.05, 3.63) is 30.1 Å². The highest BCUT2D eigenvalue weighted by atomic mass is 15.0. The molecular formula is C17H30N+. The van der Waals surface area contributed by atoms with Gasteiger partial charge in [0.15, 0.2) is 18.4 Å². The van der Waals surface area contributed by atoms with Crippen molar-refractivity contribution in [2.24, 2.45) is 0 Å². The highest BCUT2D eigenvalue weighted by Crippen LogP contribution is 2.12. The standard InChI is InChI=1S/C17H30N/c1-4-5-6-7-8-9-10-11-17(3)18-14-12-16(2)13-15-18/h12-15,17H,4-11H2,1-3H3/q+1. The van der Waals surface area contributed by atoms with E-state index in [4.69, 9.17) is 0 Å². The van der Waals surface area contributed by atoms with Gasteiger partial charge >= 0.3 is 0 Å². The number of hydrogen-bond donors (Lipinski definition) is 0. The molecule has 1 heteroatoms. The van der Waals surface area contributed by atoms with Crippen molar-refractivity contribution in [1.29, 1.82) is 0 Å². The van der Waals surface area contributed by atoms with Gasteiger partial charge in [0.25, 0.3) is 0 Å². The Morgan fingerprint density at radius 3 is 2.11 bits per heavy atom. The van der Waals surface area contributed by atoms with Crippen molar-refractivity contribution in [2.75, 3.05) is 0 Å². The molecule has 0 bridgehead atoms. The highest BCUT2D eigenvalue weighted by Gasteiger charge is 2.10. The van der Waals surface area contributed by atoms with Gasteiger partial charge in [-0.1, -0.05) is 45.4 Å². The summed E-state index contributed by atoms with van der Waals surface area (Å²) in [6.45, 7) is 6.75. The third-order valence-corrected chi connectivity index (χ3v) is 3.75. The van der Waals surface area contributed by atoms with Gasteiger partial charge < -0.3 is 0 Å². The predicted octanol–water partition coefficient (Wildman–Crippen LogP) is 4.98. The summed E-state index contributed by atoms with van der Waals surface area (Å²) in [5.74, 6) is 0. The van der Waals surface area contributed by atoms with Gasteiger partial charge in [-0.25, -0.2) is 4.57 Å². The van der Waals surface area contributed by atoms with Gasteiger partial charge in [-0.2, -0.15) is 0 Å². The van der Waals surface area contributed by atoms with Gasteiger partial charge in [-0.3, -0.25) is 0 Å². The summed E-state index contributed by atoms with van der Waals surface area (Å²) in [6, 6.07) is 5.03. The summed E-state index contributed by atoms with van der Waals surface area (Å²) >= 11 is 0. The Morgan fingerprint density at radius 2 is 1.50 bits per heavy atom. The summed E-state index contributed by atoms with van der Waals surface area (Å²) in [6.07, 6.45) is 15.5. The van der Waals surface area contributed by atoms with E-state index in [0.717, 1.165) is 0 Å². The second-order valence-corrected chi connectivity index (χ2v) is 5.58. The third kappa shape index (κ3) is 6.18. The van der Waals surface area contributed by atoms with Crippen molar-refractivity contribution in [3.8, 4) is 0 Å². The van der Waals surface area contributed by atoms with Crippen LogP contribution in [0.25, 0.3) is 0 Å². The Bertz CT molecular complexity index is 302. The molecule has 1 atom stereocenters. The minimum atomic E-state index is 0.640. The molecule has 0 aliphatic carbocycles. The number of rotatable bonds is 9. The molecule has 0 spiro atoms. The number of unbranched alkanes of at least 4 members (excludes halogenated alkanes) is 6. The average Bonchev–Trinajstić information content (AvgIpc) is 2.38. The molecule has 1 aromatic rings. The largest absolute Gasteiger partial charge is 0.203 e. The van der Waals surface area contributed by atoms with Crippen LogP contribution in [0.2, 0.25) is 0 Å².